The second-order valence-corrected chi connectivity index (χ2v) is 4.45. The van der Waals surface area contributed by atoms with Crippen LogP contribution >= 0.6 is 11.6 Å². The molecule has 4 heteroatoms. The number of hydrogen-bond donors (Lipinski definition) is 2. The molecule has 0 saturated carbocycles. The zero-order valence-electron chi connectivity index (χ0n) is 8.50. The fourth-order valence-corrected chi connectivity index (χ4v) is 1.52. The first-order chi connectivity index (χ1) is 7.00. The summed E-state index contributed by atoms with van der Waals surface area (Å²) in [5.41, 5.74) is 0.102. The van der Waals surface area contributed by atoms with Gasteiger partial charge in [-0.25, -0.2) is 4.39 Å². The molecule has 84 valence electrons. The van der Waals surface area contributed by atoms with E-state index in [9.17, 15) is 4.39 Å². The van der Waals surface area contributed by atoms with Gasteiger partial charge in [-0.1, -0.05) is 24.6 Å². The molecule has 0 atom stereocenters. The van der Waals surface area contributed by atoms with Gasteiger partial charge in [0.2, 0.25) is 0 Å². The summed E-state index contributed by atoms with van der Waals surface area (Å²) in [5, 5.41) is 18.6. The molecular formula is C11H14ClFO2. The number of benzene rings is 1. The van der Waals surface area contributed by atoms with Crippen molar-refractivity contribution in [1.29, 1.82) is 0 Å². The molecule has 2 N–H and O–H groups in total. The molecule has 0 amide bonds. The van der Waals surface area contributed by atoms with E-state index in [0.717, 1.165) is 5.56 Å². The van der Waals surface area contributed by atoms with Crippen LogP contribution in [0.15, 0.2) is 18.2 Å². The van der Waals surface area contributed by atoms with Gasteiger partial charge in [0.25, 0.3) is 0 Å². The maximum absolute atomic E-state index is 12.8. The number of hydrogen-bond acceptors (Lipinski definition) is 2. The van der Waals surface area contributed by atoms with E-state index in [2.05, 4.69) is 0 Å². The molecule has 0 aliphatic heterocycles. The fraction of sp³-hybridized carbons (Fsp3) is 0.455. The fourth-order valence-electron chi connectivity index (χ4n) is 1.29. The lowest BCUT2D eigenvalue weighted by atomic mass is 9.85. The lowest BCUT2D eigenvalue weighted by Gasteiger charge is -2.24. The van der Waals surface area contributed by atoms with Crippen molar-refractivity contribution in [1.82, 2.24) is 0 Å². The Morgan fingerprint density at radius 3 is 2.40 bits per heavy atom. The van der Waals surface area contributed by atoms with Crippen molar-refractivity contribution >= 4 is 11.6 Å². The summed E-state index contributed by atoms with van der Waals surface area (Å²) in [6, 6.07) is 4.11. The lowest BCUT2D eigenvalue weighted by molar-refractivity contribution is 0.0704. The van der Waals surface area contributed by atoms with Gasteiger partial charge in [-0.3, -0.25) is 0 Å². The van der Waals surface area contributed by atoms with Gasteiger partial charge in [0.15, 0.2) is 0 Å². The third-order valence-corrected chi connectivity index (χ3v) is 2.75. The Hall–Kier alpha value is -0.640. The van der Waals surface area contributed by atoms with Crippen LogP contribution in [0.2, 0.25) is 5.02 Å². The van der Waals surface area contributed by atoms with Crippen LogP contribution in [0, 0.1) is 11.2 Å². The van der Waals surface area contributed by atoms with Gasteiger partial charge in [-0.05, 0) is 24.1 Å². The van der Waals surface area contributed by atoms with Crippen LogP contribution in [0.4, 0.5) is 4.39 Å². The van der Waals surface area contributed by atoms with E-state index >= 15 is 0 Å². The number of aliphatic hydroxyl groups excluding tert-OH is 2. The van der Waals surface area contributed by atoms with Crippen LogP contribution in [-0.2, 0) is 6.42 Å². The Bertz CT molecular complexity index is 337. The highest BCUT2D eigenvalue weighted by Crippen LogP contribution is 2.26. The predicted molar refractivity (Wildman–Crippen MR) is 57.4 cm³/mol. The Labute approximate surface area is 93.3 Å². The molecule has 0 aliphatic carbocycles. The quantitative estimate of drug-likeness (QED) is 0.834. The number of rotatable bonds is 4. The molecule has 0 aliphatic rings. The topological polar surface area (TPSA) is 40.5 Å². The van der Waals surface area contributed by atoms with Crippen LogP contribution in [0.1, 0.15) is 12.5 Å². The van der Waals surface area contributed by atoms with E-state index in [1.54, 1.807) is 13.0 Å². The molecule has 1 rings (SSSR count). The second kappa shape index (κ2) is 4.92. The monoisotopic (exact) mass is 232 g/mol. The smallest absolute Gasteiger partial charge is 0.124 e. The Morgan fingerprint density at radius 2 is 1.93 bits per heavy atom. The molecule has 0 bridgehead atoms. The van der Waals surface area contributed by atoms with Crippen LogP contribution in [-0.4, -0.2) is 23.4 Å². The van der Waals surface area contributed by atoms with Crippen LogP contribution < -0.4 is 0 Å². The molecule has 0 unspecified atom stereocenters. The van der Waals surface area contributed by atoms with E-state index in [-0.39, 0.29) is 13.2 Å². The van der Waals surface area contributed by atoms with E-state index in [1.807, 2.05) is 0 Å². The van der Waals surface area contributed by atoms with E-state index in [0.29, 0.717) is 11.4 Å². The van der Waals surface area contributed by atoms with Crippen molar-refractivity contribution in [2.75, 3.05) is 13.2 Å². The first-order valence-electron chi connectivity index (χ1n) is 4.66. The van der Waals surface area contributed by atoms with Crippen molar-refractivity contribution in [2.45, 2.75) is 13.3 Å². The lowest BCUT2D eigenvalue weighted by Crippen LogP contribution is -2.28. The molecule has 0 spiro atoms. The normalized spacial score (nSPS) is 11.8. The molecule has 0 radical (unpaired) electrons. The minimum atomic E-state index is -0.624. The SMILES string of the molecule is CC(CO)(CO)Cc1ccc(F)cc1Cl. The first kappa shape index (κ1) is 12.4. The average molecular weight is 233 g/mol. The molecule has 1 aromatic rings. The van der Waals surface area contributed by atoms with Crippen molar-refractivity contribution in [2.24, 2.45) is 5.41 Å². The number of halogens is 2. The summed E-state index contributed by atoms with van der Waals surface area (Å²) in [6.07, 6.45) is 0.416. The van der Waals surface area contributed by atoms with Gasteiger partial charge in [-0.2, -0.15) is 0 Å². The molecular weight excluding hydrogens is 219 g/mol. The minimum Gasteiger partial charge on any atom is -0.396 e. The summed E-state index contributed by atoms with van der Waals surface area (Å²) in [4.78, 5) is 0. The van der Waals surface area contributed by atoms with E-state index in [4.69, 9.17) is 21.8 Å². The highest BCUT2D eigenvalue weighted by Gasteiger charge is 2.23. The van der Waals surface area contributed by atoms with Crippen molar-refractivity contribution in [3.63, 3.8) is 0 Å². The third kappa shape index (κ3) is 3.16. The Morgan fingerprint density at radius 1 is 1.33 bits per heavy atom. The molecule has 0 fully saturated rings. The average Bonchev–Trinajstić information content (AvgIpc) is 2.22. The van der Waals surface area contributed by atoms with Crippen LogP contribution in [0.3, 0.4) is 0 Å². The van der Waals surface area contributed by atoms with Gasteiger partial charge in [0, 0.05) is 10.4 Å². The molecule has 2 nitrogen and oxygen atoms in total. The van der Waals surface area contributed by atoms with Gasteiger partial charge in [0.1, 0.15) is 5.82 Å². The highest BCUT2D eigenvalue weighted by atomic mass is 35.5. The van der Waals surface area contributed by atoms with Crippen molar-refractivity contribution < 1.29 is 14.6 Å². The maximum atomic E-state index is 12.8. The molecule has 0 aromatic heterocycles. The van der Waals surface area contributed by atoms with E-state index < -0.39 is 11.2 Å². The minimum absolute atomic E-state index is 0.142. The molecule has 0 heterocycles. The second-order valence-electron chi connectivity index (χ2n) is 4.04. The highest BCUT2D eigenvalue weighted by molar-refractivity contribution is 6.31. The van der Waals surface area contributed by atoms with Crippen molar-refractivity contribution in [3.05, 3.63) is 34.6 Å². The Kier molecular flexibility index (Phi) is 4.08. The standard InChI is InChI=1S/C11H14ClFO2/c1-11(6-14,7-15)5-8-2-3-9(13)4-10(8)12/h2-4,14-15H,5-7H2,1H3. The zero-order chi connectivity index (χ0) is 11.5. The van der Waals surface area contributed by atoms with Gasteiger partial charge in [0.05, 0.1) is 13.2 Å². The largest absolute Gasteiger partial charge is 0.396 e. The molecule has 0 saturated heterocycles. The van der Waals surface area contributed by atoms with Gasteiger partial charge in [-0.15, -0.1) is 0 Å². The zero-order valence-corrected chi connectivity index (χ0v) is 9.26. The Balaban J connectivity index is 2.89. The van der Waals surface area contributed by atoms with Gasteiger partial charge >= 0.3 is 0 Å². The van der Waals surface area contributed by atoms with Crippen LogP contribution in [0.5, 0.6) is 0 Å². The van der Waals surface area contributed by atoms with Crippen molar-refractivity contribution in [3.8, 4) is 0 Å². The van der Waals surface area contributed by atoms with Gasteiger partial charge < -0.3 is 10.2 Å². The summed E-state index contributed by atoms with van der Waals surface area (Å²) < 4.78 is 12.8. The maximum Gasteiger partial charge on any atom is 0.124 e. The molecule has 15 heavy (non-hydrogen) atoms. The summed E-state index contributed by atoms with van der Waals surface area (Å²) >= 11 is 5.85. The predicted octanol–water partition coefficient (Wildman–Crippen LogP) is 2.01. The summed E-state index contributed by atoms with van der Waals surface area (Å²) in [7, 11) is 0. The van der Waals surface area contributed by atoms with E-state index in [1.165, 1.54) is 12.1 Å². The first-order valence-corrected chi connectivity index (χ1v) is 5.04. The summed E-state index contributed by atoms with van der Waals surface area (Å²) in [5.74, 6) is -0.390. The third-order valence-electron chi connectivity index (χ3n) is 2.40. The van der Waals surface area contributed by atoms with Crippen LogP contribution in [0.25, 0.3) is 0 Å². The number of aliphatic hydroxyl groups is 2. The summed E-state index contributed by atoms with van der Waals surface area (Å²) in [6.45, 7) is 1.46. The molecule has 1 aromatic carbocycles.